The third-order valence-corrected chi connectivity index (χ3v) is 1.59. The minimum absolute atomic E-state index is 0.279. The average molecular weight is 182 g/mol. The van der Waals surface area contributed by atoms with Crippen molar-refractivity contribution < 1.29 is 14.8 Å². The first kappa shape index (κ1) is 9.11. The van der Waals surface area contributed by atoms with Gasteiger partial charge in [-0.15, -0.1) is 0 Å². The van der Waals surface area contributed by atoms with Gasteiger partial charge in [0.15, 0.2) is 6.04 Å². The molecule has 0 aromatic carbocycles. The highest BCUT2D eigenvalue weighted by Gasteiger charge is 2.38. The van der Waals surface area contributed by atoms with Gasteiger partial charge in [-0.3, -0.25) is 10.1 Å². The molecular formula is C6H6N4O3. The van der Waals surface area contributed by atoms with E-state index < -0.39 is 16.7 Å². The van der Waals surface area contributed by atoms with Crippen molar-refractivity contribution in [1.82, 2.24) is 0 Å². The Labute approximate surface area is 72.5 Å². The molecule has 0 heterocycles. The smallest absolute Gasteiger partial charge is 0.392 e. The van der Waals surface area contributed by atoms with E-state index in [0.717, 1.165) is 12.2 Å². The number of nitro groups is 1. The first-order valence-electron chi connectivity index (χ1n) is 3.31. The van der Waals surface area contributed by atoms with Gasteiger partial charge in [0.05, 0.1) is 4.92 Å². The van der Waals surface area contributed by atoms with Crippen LogP contribution in [0.4, 0.5) is 0 Å². The summed E-state index contributed by atoms with van der Waals surface area (Å²) >= 11 is 0. The standard InChI is InChI=1S/C6H6N4O3/c7-5-4(11)2-1-3(10(12)13)6(5)9-8/h1-2,5,11H,7H2. The van der Waals surface area contributed by atoms with E-state index >= 15 is 0 Å². The maximum absolute atomic E-state index is 10.4. The Kier molecular flexibility index (Phi) is 2.23. The maximum atomic E-state index is 10.4. The predicted molar refractivity (Wildman–Crippen MR) is 42.4 cm³/mol. The van der Waals surface area contributed by atoms with Crippen LogP contribution in [0.2, 0.25) is 0 Å². The number of aliphatic hydroxyl groups is 1. The number of allylic oxidation sites excluding steroid dienone is 2. The van der Waals surface area contributed by atoms with Gasteiger partial charge in [0, 0.05) is 6.08 Å². The molecule has 0 saturated carbocycles. The molecule has 68 valence electrons. The number of nitrogens with zero attached hydrogens (tertiary/aromatic N) is 3. The molecule has 0 aromatic rings. The van der Waals surface area contributed by atoms with Crippen molar-refractivity contribution in [3.05, 3.63) is 39.3 Å². The summed E-state index contributed by atoms with van der Waals surface area (Å²) in [4.78, 5) is 12.3. The average Bonchev–Trinajstić information content (AvgIpc) is 2.09. The van der Waals surface area contributed by atoms with Gasteiger partial charge in [-0.05, 0) is 6.08 Å². The van der Waals surface area contributed by atoms with Crippen molar-refractivity contribution in [3.8, 4) is 0 Å². The van der Waals surface area contributed by atoms with Gasteiger partial charge >= 0.3 is 11.4 Å². The highest BCUT2D eigenvalue weighted by atomic mass is 16.6. The molecule has 0 spiro atoms. The second kappa shape index (κ2) is 3.18. The lowest BCUT2D eigenvalue weighted by Gasteiger charge is -2.07. The zero-order chi connectivity index (χ0) is 10.0. The Balaban J connectivity index is 3.23. The summed E-state index contributed by atoms with van der Waals surface area (Å²) < 4.78 is 0. The van der Waals surface area contributed by atoms with E-state index in [1.54, 1.807) is 0 Å². The van der Waals surface area contributed by atoms with Crippen LogP contribution in [0.15, 0.2) is 23.6 Å². The number of hydrogen-bond donors (Lipinski definition) is 2. The summed E-state index contributed by atoms with van der Waals surface area (Å²) in [6, 6.07) is -1.14. The van der Waals surface area contributed by atoms with Gasteiger partial charge in [0.2, 0.25) is 0 Å². The van der Waals surface area contributed by atoms with Crippen molar-refractivity contribution >= 4 is 5.71 Å². The molecule has 7 heteroatoms. The lowest BCUT2D eigenvalue weighted by molar-refractivity contribution is -0.417. The zero-order valence-electron chi connectivity index (χ0n) is 6.41. The van der Waals surface area contributed by atoms with Gasteiger partial charge in [-0.25, -0.2) is 0 Å². The quantitative estimate of drug-likeness (QED) is 0.247. The third-order valence-electron chi connectivity index (χ3n) is 1.59. The van der Waals surface area contributed by atoms with Gasteiger partial charge in [-0.2, -0.15) is 4.79 Å². The fourth-order valence-corrected chi connectivity index (χ4v) is 0.921. The van der Waals surface area contributed by atoms with Crippen molar-refractivity contribution in [3.63, 3.8) is 0 Å². The van der Waals surface area contributed by atoms with Crippen molar-refractivity contribution in [1.29, 1.82) is 0 Å². The number of aliphatic hydroxyl groups excluding tert-OH is 1. The van der Waals surface area contributed by atoms with Gasteiger partial charge in [-0.1, -0.05) is 0 Å². The SMILES string of the molecule is [N-]=[N+]=C1C([N+](=O)[O-])=CC=C(O)C1N. The minimum Gasteiger partial charge on any atom is -0.510 e. The molecule has 1 aliphatic carbocycles. The minimum atomic E-state index is -1.14. The van der Waals surface area contributed by atoms with Crippen LogP contribution in [0.1, 0.15) is 0 Å². The molecule has 0 aromatic heterocycles. The fraction of sp³-hybridized carbons (Fsp3) is 0.167. The van der Waals surface area contributed by atoms with Gasteiger partial charge in [0.1, 0.15) is 5.76 Å². The Morgan fingerprint density at radius 1 is 1.69 bits per heavy atom. The van der Waals surface area contributed by atoms with Gasteiger partial charge in [0.25, 0.3) is 0 Å². The zero-order valence-corrected chi connectivity index (χ0v) is 6.41. The molecule has 0 amide bonds. The summed E-state index contributed by atoms with van der Waals surface area (Å²) in [7, 11) is 0. The highest BCUT2D eigenvalue weighted by molar-refractivity contribution is 6.00. The molecule has 1 unspecified atom stereocenters. The molecule has 0 radical (unpaired) electrons. The summed E-state index contributed by atoms with van der Waals surface area (Å²) in [5.74, 6) is -0.279. The van der Waals surface area contributed by atoms with E-state index in [9.17, 15) is 10.1 Å². The van der Waals surface area contributed by atoms with Gasteiger partial charge < -0.3 is 16.4 Å². The molecule has 1 aliphatic rings. The molecule has 0 bridgehead atoms. The Bertz CT molecular complexity index is 364. The molecular weight excluding hydrogens is 176 g/mol. The molecule has 3 N–H and O–H groups in total. The maximum Gasteiger partial charge on any atom is 0.392 e. The monoisotopic (exact) mass is 182 g/mol. The Hall–Kier alpha value is -1.98. The summed E-state index contributed by atoms with van der Waals surface area (Å²) in [6.07, 6.45) is 2.12. The number of rotatable bonds is 1. The highest BCUT2D eigenvalue weighted by Crippen LogP contribution is 2.12. The van der Waals surface area contributed by atoms with Crippen LogP contribution < -0.4 is 5.73 Å². The van der Waals surface area contributed by atoms with E-state index in [1.165, 1.54) is 0 Å². The number of hydrogen-bond acceptors (Lipinski definition) is 4. The van der Waals surface area contributed by atoms with Crippen LogP contribution in [0.3, 0.4) is 0 Å². The Morgan fingerprint density at radius 2 is 2.31 bits per heavy atom. The first-order chi connectivity index (χ1) is 6.07. The molecule has 0 fully saturated rings. The molecule has 7 nitrogen and oxygen atoms in total. The van der Waals surface area contributed by atoms with Crippen molar-refractivity contribution in [2.45, 2.75) is 6.04 Å². The lowest BCUT2D eigenvalue weighted by atomic mass is 10.0. The van der Waals surface area contributed by atoms with Crippen LogP contribution >= 0.6 is 0 Å². The van der Waals surface area contributed by atoms with E-state index in [-0.39, 0.29) is 11.5 Å². The molecule has 0 aliphatic heterocycles. The third kappa shape index (κ3) is 1.46. The topological polar surface area (TPSA) is 126 Å². The van der Waals surface area contributed by atoms with E-state index in [2.05, 4.69) is 4.79 Å². The molecule has 13 heavy (non-hydrogen) atoms. The van der Waals surface area contributed by atoms with Crippen molar-refractivity contribution in [2.75, 3.05) is 0 Å². The van der Waals surface area contributed by atoms with E-state index in [1.807, 2.05) is 0 Å². The molecule has 1 rings (SSSR count). The summed E-state index contributed by atoms with van der Waals surface area (Å²) in [5.41, 5.74) is 12.9. The van der Waals surface area contributed by atoms with Crippen LogP contribution in [0, 0.1) is 10.1 Å². The summed E-state index contributed by atoms with van der Waals surface area (Å²) in [6.45, 7) is 0. The Morgan fingerprint density at radius 3 is 2.77 bits per heavy atom. The predicted octanol–water partition coefficient (Wildman–Crippen LogP) is -0.399. The first-order valence-corrected chi connectivity index (χ1v) is 3.31. The fourth-order valence-electron chi connectivity index (χ4n) is 0.921. The second-order valence-corrected chi connectivity index (χ2v) is 2.36. The van der Waals surface area contributed by atoms with E-state index in [0.29, 0.717) is 0 Å². The second-order valence-electron chi connectivity index (χ2n) is 2.36. The number of nitrogens with two attached hydrogens (primary N) is 1. The van der Waals surface area contributed by atoms with Crippen LogP contribution in [0.5, 0.6) is 0 Å². The lowest BCUT2D eigenvalue weighted by Crippen LogP contribution is -2.38. The van der Waals surface area contributed by atoms with E-state index in [4.69, 9.17) is 16.4 Å². The van der Waals surface area contributed by atoms with Crippen LogP contribution in [0.25, 0.3) is 5.53 Å². The molecule has 0 saturated heterocycles. The van der Waals surface area contributed by atoms with Crippen LogP contribution in [-0.4, -0.2) is 26.6 Å². The summed E-state index contributed by atoms with van der Waals surface area (Å²) in [5, 5.41) is 19.4. The van der Waals surface area contributed by atoms with Crippen molar-refractivity contribution in [2.24, 2.45) is 5.73 Å². The normalized spacial score (nSPS) is 21.6. The molecule has 1 atom stereocenters. The van der Waals surface area contributed by atoms with Crippen LogP contribution in [-0.2, 0) is 0 Å². The largest absolute Gasteiger partial charge is 0.510 e.